The summed E-state index contributed by atoms with van der Waals surface area (Å²) in [5, 5.41) is 3.24. The lowest BCUT2D eigenvalue weighted by molar-refractivity contribution is 0.808. The summed E-state index contributed by atoms with van der Waals surface area (Å²) in [4.78, 5) is 4.43. The fourth-order valence-electron chi connectivity index (χ4n) is 1.56. The Morgan fingerprint density at radius 2 is 2.38 bits per heavy atom. The highest BCUT2D eigenvalue weighted by atomic mass is 32.1. The van der Waals surface area contributed by atoms with Crippen LogP contribution >= 0.6 is 11.3 Å². The van der Waals surface area contributed by atoms with Gasteiger partial charge in [-0.1, -0.05) is 0 Å². The molecule has 2 aromatic rings. The molecule has 13 heavy (non-hydrogen) atoms. The molecule has 0 spiro atoms. The third-order valence-electron chi connectivity index (χ3n) is 2.24. The van der Waals surface area contributed by atoms with E-state index in [9.17, 15) is 0 Å². The lowest BCUT2D eigenvalue weighted by atomic mass is 10.3. The number of nitrogens with zero attached hydrogens (tertiary/aromatic N) is 2. The van der Waals surface area contributed by atoms with E-state index in [0.717, 1.165) is 11.5 Å². The molecule has 3 rings (SSSR count). The molecule has 2 nitrogen and oxygen atoms in total. The van der Waals surface area contributed by atoms with Crippen LogP contribution in [-0.4, -0.2) is 10.8 Å². The molecule has 0 radical (unpaired) electrons. The molecule has 0 bridgehead atoms. The maximum absolute atomic E-state index is 4.43. The van der Waals surface area contributed by atoms with Crippen LogP contribution in [0.5, 0.6) is 0 Å². The lowest BCUT2D eigenvalue weighted by Crippen LogP contribution is -1.99. The zero-order chi connectivity index (χ0) is 8.67. The quantitative estimate of drug-likeness (QED) is 0.516. The van der Waals surface area contributed by atoms with E-state index in [2.05, 4.69) is 39.3 Å². The first kappa shape index (κ1) is 7.09. The minimum Gasteiger partial charge on any atom is -0.342 e. The first-order chi connectivity index (χ1) is 6.43. The highest BCUT2D eigenvalue weighted by Crippen LogP contribution is 2.29. The minimum atomic E-state index is 0.946. The Kier molecular flexibility index (Phi) is 1.40. The Balaban J connectivity index is 2.20. The van der Waals surface area contributed by atoms with Gasteiger partial charge < -0.3 is 4.57 Å². The van der Waals surface area contributed by atoms with Gasteiger partial charge in [0, 0.05) is 11.8 Å². The molecule has 1 aliphatic rings. The second kappa shape index (κ2) is 2.57. The van der Waals surface area contributed by atoms with Gasteiger partial charge in [-0.2, -0.15) is 0 Å². The number of hydrogen-bond donors (Lipinski definition) is 0. The number of fused-ring (bicyclic) bond motifs is 2. The minimum absolute atomic E-state index is 0.946. The van der Waals surface area contributed by atoms with Gasteiger partial charge in [0.2, 0.25) is 0 Å². The first-order valence-electron chi connectivity index (χ1n) is 4.19. The third kappa shape index (κ3) is 1.04. The molecule has 0 fully saturated rings. The zero-order valence-electron chi connectivity index (χ0n) is 6.97. The molecular formula is C10H8N2S. The number of hydrogen-bond acceptors (Lipinski definition) is 2. The van der Waals surface area contributed by atoms with Gasteiger partial charge >= 0.3 is 0 Å². The van der Waals surface area contributed by atoms with Crippen molar-refractivity contribution in [1.29, 1.82) is 0 Å². The highest BCUT2D eigenvalue weighted by molar-refractivity contribution is 7.14. The van der Waals surface area contributed by atoms with Crippen molar-refractivity contribution in [2.24, 2.45) is 4.99 Å². The van der Waals surface area contributed by atoms with Crippen molar-refractivity contribution in [3.8, 4) is 0 Å². The van der Waals surface area contributed by atoms with Gasteiger partial charge in [-0.25, -0.2) is 4.99 Å². The van der Waals surface area contributed by atoms with Gasteiger partial charge in [-0.15, -0.1) is 11.3 Å². The van der Waals surface area contributed by atoms with Gasteiger partial charge in [0.05, 0.1) is 18.5 Å². The summed E-state index contributed by atoms with van der Waals surface area (Å²) in [5.74, 6) is 0. The summed E-state index contributed by atoms with van der Waals surface area (Å²) in [6.07, 6.45) is 4.02. The van der Waals surface area contributed by atoms with Crippen LogP contribution in [0.1, 0.15) is 11.3 Å². The van der Waals surface area contributed by atoms with Gasteiger partial charge in [0.15, 0.2) is 0 Å². The number of aromatic nitrogens is 1. The number of thiophene rings is 1. The summed E-state index contributed by atoms with van der Waals surface area (Å²) in [6.45, 7) is 0.946. The monoisotopic (exact) mass is 188 g/mol. The molecule has 64 valence electrons. The van der Waals surface area contributed by atoms with E-state index in [0.29, 0.717) is 0 Å². The highest BCUT2D eigenvalue weighted by Gasteiger charge is 2.08. The molecule has 0 aromatic carbocycles. The summed E-state index contributed by atoms with van der Waals surface area (Å²) in [5.41, 5.74) is 2.50. The standard InChI is InChI=1S/C10H8N2S/c1-2-9-6-11-10-8(3-5-13-10)7-12(9)4-1/h1-6H,7H2. The Hall–Kier alpha value is -1.35. The zero-order valence-corrected chi connectivity index (χ0v) is 7.79. The van der Waals surface area contributed by atoms with Gasteiger partial charge in [-0.05, 0) is 23.6 Å². The van der Waals surface area contributed by atoms with Crippen LogP contribution in [-0.2, 0) is 6.54 Å². The second-order valence-electron chi connectivity index (χ2n) is 3.07. The van der Waals surface area contributed by atoms with Crippen LogP contribution in [0.15, 0.2) is 34.8 Å². The van der Waals surface area contributed by atoms with E-state index < -0.39 is 0 Å². The van der Waals surface area contributed by atoms with Crippen molar-refractivity contribution in [2.75, 3.05) is 0 Å². The molecule has 3 heterocycles. The summed E-state index contributed by atoms with van der Waals surface area (Å²) < 4.78 is 2.21. The van der Waals surface area contributed by atoms with Crippen LogP contribution in [0.3, 0.4) is 0 Å². The predicted molar refractivity (Wildman–Crippen MR) is 55.1 cm³/mol. The maximum atomic E-state index is 4.43. The first-order valence-corrected chi connectivity index (χ1v) is 5.07. The fraction of sp³-hybridized carbons (Fsp3) is 0.100. The van der Waals surface area contributed by atoms with Gasteiger partial charge in [-0.3, -0.25) is 0 Å². The van der Waals surface area contributed by atoms with Gasteiger partial charge in [0.1, 0.15) is 5.00 Å². The smallest absolute Gasteiger partial charge is 0.121 e. The van der Waals surface area contributed by atoms with E-state index in [1.807, 2.05) is 6.21 Å². The molecule has 0 N–H and O–H groups in total. The van der Waals surface area contributed by atoms with Crippen molar-refractivity contribution in [2.45, 2.75) is 6.54 Å². The molecule has 0 aliphatic carbocycles. The average molecular weight is 188 g/mol. The Morgan fingerprint density at radius 3 is 3.38 bits per heavy atom. The molecule has 1 aliphatic heterocycles. The summed E-state index contributed by atoms with van der Waals surface area (Å²) in [6, 6.07) is 6.28. The van der Waals surface area contributed by atoms with E-state index in [1.54, 1.807) is 11.3 Å². The van der Waals surface area contributed by atoms with Gasteiger partial charge in [0.25, 0.3) is 0 Å². The van der Waals surface area contributed by atoms with Crippen LogP contribution in [0.2, 0.25) is 0 Å². The number of aliphatic imine (C=N–C) groups is 1. The van der Waals surface area contributed by atoms with Crippen LogP contribution in [0.4, 0.5) is 5.00 Å². The topological polar surface area (TPSA) is 17.3 Å². The third-order valence-corrected chi connectivity index (χ3v) is 3.11. The van der Waals surface area contributed by atoms with E-state index in [-0.39, 0.29) is 0 Å². The maximum Gasteiger partial charge on any atom is 0.121 e. The second-order valence-corrected chi connectivity index (χ2v) is 3.96. The average Bonchev–Trinajstić information content (AvgIpc) is 2.72. The van der Waals surface area contributed by atoms with E-state index >= 15 is 0 Å². The summed E-state index contributed by atoms with van der Waals surface area (Å²) >= 11 is 1.70. The van der Waals surface area contributed by atoms with E-state index in [4.69, 9.17) is 0 Å². The van der Waals surface area contributed by atoms with E-state index in [1.165, 1.54) is 11.3 Å². The normalized spacial score (nSPS) is 13.5. The lowest BCUT2D eigenvalue weighted by Gasteiger charge is -2.01. The summed E-state index contributed by atoms with van der Waals surface area (Å²) in [7, 11) is 0. The Morgan fingerprint density at radius 1 is 1.38 bits per heavy atom. The molecule has 0 saturated heterocycles. The SMILES string of the molecule is C1=Nc2sccc2Cn2cccc21. The fourth-order valence-corrected chi connectivity index (χ4v) is 2.32. The predicted octanol–water partition coefficient (Wildman–Crippen LogP) is 2.66. The molecular weight excluding hydrogens is 180 g/mol. The van der Waals surface area contributed by atoms with Crippen LogP contribution < -0.4 is 0 Å². The van der Waals surface area contributed by atoms with Crippen molar-refractivity contribution < 1.29 is 0 Å². The van der Waals surface area contributed by atoms with Crippen molar-refractivity contribution in [3.05, 3.63) is 41.0 Å². The Labute approximate surface area is 80.2 Å². The molecule has 0 amide bonds. The molecule has 3 heteroatoms. The number of rotatable bonds is 0. The van der Waals surface area contributed by atoms with Crippen molar-refractivity contribution in [3.63, 3.8) is 0 Å². The largest absolute Gasteiger partial charge is 0.342 e. The van der Waals surface area contributed by atoms with Crippen LogP contribution in [0, 0.1) is 0 Å². The Bertz CT molecular complexity index is 422. The van der Waals surface area contributed by atoms with Crippen molar-refractivity contribution >= 4 is 22.6 Å². The molecule has 0 atom stereocenters. The van der Waals surface area contributed by atoms with Crippen LogP contribution in [0.25, 0.3) is 0 Å². The molecule has 2 aromatic heterocycles. The molecule has 0 unspecified atom stereocenters. The molecule has 0 saturated carbocycles. The van der Waals surface area contributed by atoms with Crippen molar-refractivity contribution in [1.82, 2.24) is 4.57 Å².